The van der Waals surface area contributed by atoms with E-state index in [1.54, 1.807) is 18.5 Å². The first kappa shape index (κ1) is 21.6. The maximum Gasteiger partial charge on any atom is 0.316 e. The monoisotopic (exact) mass is 424 g/mol. The zero-order chi connectivity index (χ0) is 20.7. The Hall–Kier alpha value is -2.15. The summed E-state index contributed by atoms with van der Waals surface area (Å²) < 4.78 is 12.8. The molecule has 0 saturated carbocycles. The van der Waals surface area contributed by atoms with Gasteiger partial charge in [0.05, 0.1) is 6.61 Å². The Kier molecular flexibility index (Phi) is 7.11. The van der Waals surface area contributed by atoms with Crippen molar-refractivity contribution >= 4 is 31.3 Å². The summed E-state index contributed by atoms with van der Waals surface area (Å²) in [4.78, 5) is 8.33. The van der Waals surface area contributed by atoms with Crippen LogP contribution in [0, 0.1) is 0 Å². The quantitative estimate of drug-likeness (QED) is 0.442. The fourth-order valence-corrected chi connectivity index (χ4v) is 8.37. The van der Waals surface area contributed by atoms with Gasteiger partial charge in [-0.1, -0.05) is 81.4 Å². The molecule has 0 spiro atoms. The highest BCUT2D eigenvalue weighted by molar-refractivity contribution is 7.80. The van der Waals surface area contributed by atoms with Crippen LogP contribution in [-0.4, -0.2) is 36.7 Å². The van der Waals surface area contributed by atoms with Crippen LogP contribution in [-0.2, 0) is 4.43 Å². The Morgan fingerprint density at radius 3 is 1.83 bits per heavy atom. The molecule has 0 N–H and O–H groups in total. The molecule has 0 aliphatic carbocycles. The first-order valence-electron chi connectivity index (χ1n) is 9.77. The second kappa shape index (κ2) is 9.56. The third-order valence-electron chi connectivity index (χ3n) is 4.92. The third-order valence-corrected chi connectivity index (χ3v) is 10.3. The Labute approximate surface area is 179 Å². The molecule has 0 aliphatic rings. The molecule has 152 valence electrons. The Morgan fingerprint density at radius 2 is 1.38 bits per heavy atom. The topological polar surface area (TPSA) is 44.2 Å². The second-order valence-electron chi connectivity index (χ2n) is 7.93. The first-order valence-corrected chi connectivity index (χ1v) is 12.3. The smallest absolute Gasteiger partial charge is 0.316 e. The van der Waals surface area contributed by atoms with Gasteiger partial charge >= 0.3 is 6.01 Å². The number of benzene rings is 2. The fourth-order valence-electron chi connectivity index (χ4n) is 3.60. The molecule has 0 bridgehead atoms. The van der Waals surface area contributed by atoms with Crippen LogP contribution in [0.15, 0.2) is 79.1 Å². The molecule has 0 amide bonds. The SMILES string of the molecule is CC(C)(C)[Si](OC[C@@H](CS)Oc1ncccn1)(c1ccccc1)c1ccccc1. The van der Waals surface area contributed by atoms with E-state index in [-0.39, 0.29) is 11.1 Å². The van der Waals surface area contributed by atoms with E-state index in [2.05, 4.69) is 91.9 Å². The molecule has 1 aromatic heterocycles. The van der Waals surface area contributed by atoms with Gasteiger partial charge < -0.3 is 9.16 Å². The molecule has 0 saturated heterocycles. The summed E-state index contributed by atoms with van der Waals surface area (Å²) in [7, 11) is -2.60. The van der Waals surface area contributed by atoms with E-state index in [0.717, 1.165) is 0 Å². The largest absolute Gasteiger partial charge is 0.457 e. The lowest BCUT2D eigenvalue weighted by atomic mass is 10.2. The van der Waals surface area contributed by atoms with E-state index < -0.39 is 8.32 Å². The Bertz CT molecular complexity index is 834. The molecule has 0 radical (unpaired) electrons. The predicted molar refractivity (Wildman–Crippen MR) is 124 cm³/mol. The Balaban J connectivity index is 1.97. The summed E-state index contributed by atoms with van der Waals surface area (Å²) in [6.07, 6.45) is 3.09. The van der Waals surface area contributed by atoms with Crippen LogP contribution < -0.4 is 15.1 Å². The van der Waals surface area contributed by atoms with Crippen LogP contribution in [0.25, 0.3) is 0 Å². The van der Waals surface area contributed by atoms with E-state index >= 15 is 0 Å². The summed E-state index contributed by atoms with van der Waals surface area (Å²) in [6.45, 7) is 7.19. The predicted octanol–water partition coefficient (Wildman–Crippen LogP) is 3.73. The van der Waals surface area contributed by atoms with Crippen LogP contribution in [0.5, 0.6) is 6.01 Å². The van der Waals surface area contributed by atoms with Crippen molar-refractivity contribution in [3.63, 3.8) is 0 Å². The summed E-state index contributed by atoms with van der Waals surface area (Å²) in [5.41, 5.74) is 0. The van der Waals surface area contributed by atoms with E-state index in [1.807, 2.05) is 12.1 Å². The van der Waals surface area contributed by atoms with Crippen LogP contribution in [0.1, 0.15) is 20.8 Å². The first-order chi connectivity index (χ1) is 14.0. The van der Waals surface area contributed by atoms with E-state index in [9.17, 15) is 0 Å². The van der Waals surface area contributed by atoms with Crippen molar-refractivity contribution in [1.82, 2.24) is 9.97 Å². The maximum absolute atomic E-state index is 6.90. The number of hydrogen-bond donors (Lipinski definition) is 1. The number of ether oxygens (including phenoxy) is 1. The van der Waals surface area contributed by atoms with Crippen molar-refractivity contribution in [2.24, 2.45) is 0 Å². The molecule has 3 rings (SSSR count). The van der Waals surface area contributed by atoms with Gasteiger partial charge in [0.15, 0.2) is 0 Å². The minimum atomic E-state index is -2.60. The molecule has 0 aliphatic heterocycles. The standard InChI is InChI=1S/C23H28N2O2SSi/c1-23(2,3)29(20-11-6-4-7-12-20,21-13-8-5-9-14-21)26-17-19(18-28)27-22-24-15-10-16-25-22/h4-16,19,28H,17-18H2,1-3H3/t19-/m0/s1. The highest BCUT2D eigenvalue weighted by atomic mass is 32.1. The molecule has 1 heterocycles. The van der Waals surface area contributed by atoms with Crippen molar-refractivity contribution in [2.45, 2.75) is 31.9 Å². The van der Waals surface area contributed by atoms with Crippen LogP contribution in [0.4, 0.5) is 0 Å². The normalized spacial score (nSPS) is 13.1. The van der Waals surface area contributed by atoms with Gasteiger partial charge in [-0.3, -0.25) is 0 Å². The molecule has 3 aromatic rings. The van der Waals surface area contributed by atoms with Gasteiger partial charge in [-0.05, 0) is 21.5 Å². The third kappa shape index (κ3) is 4.89. The van der Waals surface area contributed by atoms with Gasteiger partial charge in [-0.2, -0.15) is 12.6 Å². The lowest BCUT2D eigenvalue weighted by Gasteiger charge is -2.43. The van der Waals surface area contributed by atoms with Gasteiger partial charge in [0.25, 0.3) is 8.32 Å². The van der Waals surface area contributed by atoms with Crippen molar-refractivity contribution in [1.29, 1.82) is 0 Å². The maximum atomic E-state index is 6.90. The minimum Gasteiger partial charge on any atom is -0.457 e. The van der Waals surface area contributed by atoms with Crippen molar-refractivity contribution in [2.75, 3.05) is 12.4 Å². The molecule has 0 unspecified atom stereocenters. The zero-order valence-electron chi connectivity index (χ0n) is 17.2. The Morgan fingerprint density at radius 1 is 0.862 bits per heavy atom. The molecule has 2 aromatic carbocycles. The van der Waals surface area contributed by atoms with E-state index in [4.69, 9.17) is 9.16 Å². The number of hydrogen-bond acceptors (Lipinski definition) is 5. The second-order valence-corrected chi connectivity index (χ2v) is 12.6. The lowest BCUT2D eigenvalue weighted by Crippen LogP contribution is -2.67. The summed E-state index contributed by atoms with van der Waals surface area (Å²) in [5.74, 6) is 0.510. The van der Waals surface area contributed by atoms with Crippen LogP contribution in [0.3, 0.4) is 0 Å². The molecule has 0 fully saturated rings. The van der Waals surface area contributed by atoms with E-state index in [0.29, 0.717) is 18.4 Å². The average Bonchev–Trinajstić information content (AvgIpc) is 2.74. The number of nitrogens with zero attached hydrogens (tertiary/aromatic N) is 2. The van der Waals surface area contributed by atoms with Gasteiger partial charge in [0.2, 0.25) is 0 Å². The molecule has 4 nitrogen and oxygen atoms in total. The summed E-state index contributed by atoms with van der Waals surface area (Å²) in [6, 6.07) is 23.3. The number of rotatable bonds is 8. The highest BCUT2D eigenvalue weighted by Gasteiger charge is 2.50. The van der Waals surface area contributed by atoms with Crippen molar-refractivity contribution in [3.8, 4) is 6.01 Å². The number of aromatic nitrogens is 2. The zero-order valence-corrected chi connectivity index (χ0v) is 19.0. The molecule has 6 heteroatoms. The van der Waals surface area contributed by atoms with Gasteiger partial charge in [0.1, 0.15) is 6.10 Å². The minimum absolute atomic E-state index is 0.0832. The van der Waals surface area contributed by atoms with Crippen LogP contribution >= 0.6 is 12.6 Å². The molecular weight excluding hydrogens is 396 g/mol. The van der Waals surface area contributed by atoms with Gasteiger partial charge in [-0.25, -0.2) is 9.97 Å². The molecule has 29 heavy (non-hydrogen) atoms. The lowest BCUT2D eigenvalue weighted by molar-refractivity contribution is 0.130. The fraction of sp³-hybridized carbons (Fsp3) is 0.304. The van der Waals surface area contributed by atoms with Crippen molar-refractivity contribution in [3.05, 3.63) is 79.1 Å². The van der Waals surface area contributed by atoms with Gasteiger partial charge in [0, 0.05) is 18.1 Å². The highest BCUT2D eigenvalue weighted by Crippen LogP contribution is 2.36. The number of thiol groups is 1. The molecular formula is C23H28N2O2SSi. The van der Waals surface area contributed by atoms with Gasteiger partial charge in [-0.15, -0.1) is 0 Å². The average molecular weight is 425 g/mol. The summed E-state index contributed by atoms with van der Waals surface area (Å²) >= 11 is 4.48. The molecule has 1 atom stereocenters. The van der Waals surface area contributed by atoms with E-state index in [1.165, 1.54) is 10.4 Å². The van der Waals surface area contributed by atoms with Crippen molar-refractivity contribution < 1.29 is 9.16 Å². The summed E-state index contributed by atoms with van der Waals surface area (Å²) in [5, 5.41) is 2.40. The van der Waals surface area contributed by atoms with Crippen LogP contribution in [0.2, 0.25) is 5.04 Å².